The highest BCUT2D eigenvalue weighted by Crippen LogP contribution is 2.17. The third kappa shape index (κ3) is 4.11. The number of hydrogen-bond acceptors (Lipinski definition) is 4. The van der Waals surface area contributed by atoms with Crippen LogP contribution in [0.5, 0.6) is 0 Å². The van der Waals surface area contributed by atoms with Gasteiger partial charge in [0.2, 0.25) is 0 Å². The summed E-state index contributed by atoms with van der Waals surface area (Å²) >= 11 is 1.40. The van der Waals surface area contributed by atoms with Gasteiger partial charge < -0.3 is 5.32 Å². The van der Waals surface area contributed by atoms with Gasteiger partial charge in [-0.2, -0.15) is 0 Å². The first-order chi connectivity index (χ1) is 9.97. The fraction of sp³-hybridized carbons (Fsp3) is 0.438. The van der Waals surface area contributed by atoms with Crippen molar-refractivity contribution in [1.29, 1.82) is 0 Å². The molecule has 1 amide bonds. The lowest BCUT2D eigenvalue weighted by atomic mass is 10.1. The average Bonchev–Trinajstić information content (AvgIpc) is 2.91. The first-order valence-electron chi connectivity index (χ1n) is 7.14. The SMILES string of the molecule is Cc1cccnc1C[C@H](C)NC(=O)c1nc(C(C)C)cs1. The minimum Gasteiger partial charge on any atom is -0.347 e. The van der Waals surface area contributed by atoms with Crippen LogP contribution in [0.3, 0.4) is 0 Å². The summed E-state index contributed by atoms with van der Waals surface area (Å²) in [4.78, 5) is 20.9. The molecule has 0 aromatic carbocycles. The molecule has 0 aliphatic carbocycles. The Balaban J connectivity index is 1.97. The van der Waals surface area contributed by atoms with E-state index in [1.807, 2.05) is 31.4 Å². The van der Waals surface area contributed by atoms with Gasteiger partial charge in [0.15, 0.2) is 5.01 Å². The Labute approximate surface area is 129 Å². The van der Waals surface area contributed by atoms with Gasteiger partial charge in [-0.25, -0.2) is 4.98 Å². The molecule has 21 heavy (non-hydrogen) atoms. The molecule has 0 aliphatic heterocycles. The second-order valence-electron chi connectivity index (χ2n) is 5.58. The maximum atomic E-state index is 12.2. The van der Waals surface area contributed by atoms with Crippen molar-refractivity contribution in [3.05, 3.63) is 45.7 Å². The largest absolute Gasteiger partial charge is 0.347 e. The summed E-state index contributed by atoms with van der Waals surface area (Å²) in [5, 5.41) is 5.48. The Morgan fingerprint density at radius 3 is 2.76 bits per heavy atom. The summed E-state index contributed by atoms with van der Waals surface area (Å²) in [7, 11) is 0. The van der Waals surface area contributed by atoms with Gasteiger partial charge in [0, 0.05) is 29.7 Å². The van der Waals surface area contributed by atoms with Crippen molar-refractivity contribution < 1.29 is 4.79 Å². The molecule has 1 N–H and O–H groups in total. The number of rotatable bonds is 5. The molecule has 5 heteroatoms. The van der Waals surface area contributed by atoms with Gasteiger partial charge in [0.25, 0.3) is 5.91 Å². The van der Waals surface area contributed by atoms with Crippen LogP contribution in [-0.4, -0.2) is 21.9 Å². The zero-order valence-corrected chi connectivity index (χ0v) is 13.7. The van der Waals surface area contributed by atoms with E-state index in [-0.39, 0.29) is 11.9 Å². The number of aryl methyl sites for hydroxylation is 1. The summed E-state index contributed by atoms with van der Waals surface area (Å²) in [6.45, 7) is 8.17. The molecule has 2 heterocycles. The molecule has 2 aromatic rings. The topological polar surface area (TPSA) is 54.9 Å². The van der Waals surface area contributed by atoms with Crippen molar-refractivity contribution in [2.45, 2.75) is 46.1 Å². The maximum Gasteiger partial charge on any atom is 0.280 e. The van der Waals surface area contributed by atoms with Crippen LogP contribution in [0.2, 0.25) is 0 Å². The minimum atomic E-state index is -0.104. The monoisotopic (exact) mass is 303 g/mol. The van der Waals surface area contributed by atoms with E-state index in [1.54, 1.807) is 6.20 Å². The minimum absolute atomic E-state index is 0.0255. The van der Waals surface area contributed by atoms with Gasteiger partial charge >= 0.3 is 0 Å². The number of aromatic nitrogens is 2. The lowest BCUT2D eigenvalue weighted by Gasteiger charge is -2.13. The number of carbonyl (C=O) groups excluding carboxylic acids is 1. The van der Waals surface area contributed by atoms with Crippen molar-refractivity contribution in [1.82, 2.24) is 15.3 Å². The molecular weight excluding hydrogens is 282 g/mol. The van der Waals surface area contributed by atoms with Crippen LogP contribution in [0.25, 0.3) is 0 Å². The van der Waals surface area contributed by atoms with Crippen molar-refractivity contribution in [2.75, 3.05) is 0 Å². The van der Waals surface area contributed by atoms with Crippen LogP contribution in [0, 0.1) is 6.92 Å². The molecule has 0 saturated heterocycles. The Kier molecular flexibility index (Phi) is 5.07. The molecule has 1 atom stereocenters. The highest BCUT2D eigenvalue weighted by molar-refractivity contribution is 7.11. The standard InChI is InChI=1S/C16H21N3OS/c1-10(2)14-9-21-16(19-14)15(20)18-12(4)8-13-11(3)6-5-7-17-13/h5-7,9-10,12H,8H2,1-4H3,(H,18,20)/t12-/m0/s1. The van der Waals surface area contributed by atoms with Crippen LogP contribution >= 0.6 is 11.3 Å². The third-order valence-corrected chi connectivity index (χ3v) is 4.16. The lowest BCUT2D eigenvalue weighted by Crippen LogP contribution is -2.34. The Hall–Kier alpha value is -1.75. The van der Waals surface area contributed by atoms with E-state index in [2.05, 4.69) is 29.1 Å². The van der Waals surface area contributed by atoms with E-state index in [0.717, 1.165) is 23.4 Å². The van der Waals surface area contributed by atoms with Crippen LogP contribution in [0.15, 0.2) is 23.7 Å². The molecular formula is C16H21N3OS. The van der Waals surface area contributed by atoms with Crippen molar-refractivity contribution in [2.24, 2.45) is 0 Å². The number of amides is 1. The quantitative estimate of drug-likeness (QED) is 0.921. The Morgan fingerprint density at radius 2 is 2.14 bits per heavy atom. The van der Waals surface area contributed by atoms with Crippen LogP contribution in [0.1, 0.15) is 53.4 Å². The summed E-state index contributed by atoms with van der Waals surface area (Å²) in [5.41, 5.74) is 3.14. The number of pyridine rings is 1. The predicted molar refractivity (Wildman–Crippen MR) is 85.8 cm³/mol. The summed E-state index contributed by atoms with van der Waals surface area (Å²) in [5.74, 6) is 0.240. The second kappa shape index (κ2) is 6.80. The Morgan fingerprint density at radius 1 is 1.38 bits per heavy atom. The molecule has 2 rings (SSSR count). The van der Waals surface area contributed by atoms with Gasteiger partial charge in [-0.1, -0.05) is 19.9 Å². The highest BCUT2D eigenvalue weighted by atomic mass is 32.1. The van der Waals surface area contributed by atoms with E-state index < -0.39 is 0 Å². The number of carbonyl (C=O) groups is 1. The highest BCUT2D eigenvalue weighted by Gasteiger charge is 2.16. The Bertz CT molecular complexity index is 621. The number of thiazole rings is 1. The molecule has 0 spiro atoms. The number of nitrogens with zero attached hydrogens (tertiary/aromatic N) is 2. The van der Waals surface area contributed by atoms with Crippen LogP contribution in [-0.2, 0) is 6.42 Å². The number of hydrogen-bond donors (Lipinski definition) is 1. The number of nitrogens with one attached hydrogen (secondary N) is 1. The first kappa shape index (κ1) is 15.6. The molecule has 112 valence electrons. The fourth-order valence-corrected chi connectivity index (χ4v) is 2.90. The fourth-order valence-electron chi connectivity index (χ4n) is 2.01. The normalized spacial score (nSPS) is 12.4. The molecule has 4 nitrogen and oxygen atoms in total. The van der Waals surface area contributed by atoms with E-state index >= 15 is 0 Å². The summed E-state index contributed by atoms with van der Waals surface area (Å²) in [6, 6.07) is 3.98. The van der Waals surface area contributed by atoms with Gasteiger partial charge in [0.1, 0.15) is 0 Å². The zero-order chi connectivity index (χ0) is 15.4. The van der Waals surface area contributed by atoms with E-state index in [9.17, 15) is 4.79 Å². The molecule has 0 aliphatic rings. The zero-order valence-electron chi connectivity index (χ0n) is 12.9. The first-order valence-corrected chi connectivity index (χ1v) is 8.02. The van der Waals surface area contributed by atoms with Crippen LogP contribution < -0.4 is 5.32 Å². The molecule has 2 aromatic heterocycles. The molecule has 0 radical (unpaired) electrons. The third-order valence-electron chi connectivity index (χ3n) is 3.30. The van der Waals surface area contributed by atoms with Crippen molar-refractivity contribution in [3.8, 4) is 0 Å². The predicted octanol–water partition coefficient (Wildman–Crippen LogP) is 3.33. The molecule has 0 unspecified atom stereocenters. The van der Waals surface area contributed by atoms with E-state index in [4.69, 9.17) is 0 Å². The second-order valence-corrected chi connectivity index (χ2v) is 6.44. The van der Waals surface area contributed by atoms with Crippen molar-refractivity contribution >= 4 is 17.2 Å². The molecule has 0 fully saturated rings. The summed E-state index contributed by atoms with van der Waals surface area (Å²) in [6.07, 6.45) is 2.51. The smallest absolute Gasteiger partial charge is 0.280 e. The van der Waals surface area contributed by atoms with Crippen molar-refractivity contribution in [3.63, 3.8) is 0 Å². The van der Waals surface area contributed by atoms with Gasteiger partial charge in [0.05, 0.1) is 5.69 Å². The van der Waals surface area contributed by atoms with Gasteiger partial charge in [-0.3, -0.25) is 9.78 Å². The molecule has 0 bridgehead atoms. The average molecular weight is 303 g/mol. The van der Waals surface area contributed by atoms with Gasteiger partial charge in [-0.15, -0.1) is 11.3 Å². The van der Waals surface area contributed by atoms with E-state index in [0.29, 0.717) is 10.9 Å². The summed E-state index contributed by atoms with van der Waals surface area (Å²) < 4.78 is 0. The lowest BCUT2D eigenvalue weighted by molar-refractivity contribution is 0.0939. The molecule has 0 saturated carbocycles. The van der Waals surface area contributed by atoms with Crippen LogP contribution in [0.4, 0.5) is 0 Å². The maximum absolute atomic E-state index is 12.2. The van der Waals surface area contributed by atoms with E-state index in [1.165, 1.54) is 11.3 Å². The van der Waals surface area contributed by atoms with Gasteiger partial charge in [-0.05, 0) is 31.4 Å².